The lowest BCUT2D eigenvalue weighted by Gasteiger charge is -2.42. The molecule has 1 saturated carbocycles. The van der Waals surface area contributed by atoms with Crippen molar-refractivity contribution in [3.05, 3.63) is 35.9 Å². The summed E-state index contributed by atoms with van der Waals surface area (Å²) in [5, 5.41) is 10.3. The predicted molar refractivity (Wildman–Crippen MR) is 72.0 cm³/mol. The maximum Gasteiger partial charge on any atom is 0.0579 e. The summed E-state index contributed by atoms with van der Waals surface area (Å²) in [5.74, 6) is 1.06. The summed E-state index contributed by atoms with van der Waals surface area (Å²) >= 11 is 0. The predicted octanol–water partition coefficient (Wildman–Crippen LogP) is 3.76. The van der Waals surface area contributed by atoms with Gasteiger partial charge in [-0.05, 0) is 35.7 Å². The lowest BCUT2D eigenvalue weighted by atomic mass is 9.64. The molecule has 0 aromatic heterocycles. The lowest BCUT2D eigenvalue weighted by Crippen LogP contribution is -2.41. The van der Waals surface area contributed by atoms with Crippen molar-refractivity contribution in [2.45, 2.75) is 51.6 Å². The summed E-state index contributed by atoms with van der Waals surface area (Å²) in [7, 11) is 0. The standard InChI is InChI=1S/C16H24O/c1-12-9-10-14(15(17)11-12)16(2,3)13-7-5-4-6-8-13/h4-8,12,14-15,17H,9-11H2,1-3H3/t12-,14?,15-/m0/s1. The molecule has 1 heteroatoms. The molecule has 0 amide bonds. The maximum absolute atomic E-state index is 10.3. The van der Waals surface area contributed by atoms with Crippen LogP contribution in [0.5, 0.6) is 0 Å². The van der Waals surface area contributed by atoms with Crippen molar-refractivity contribution in [2.24, 2.45) is 11.8 Å². The van der Waals surface area contributed by atoms with Crippen LogP contribution in [0.25, 0.3) is 0 Å². The van der Waals surface area contributed by atoms with Crippen molar-refractivity contribution in [2.75, 3.05) is 0 Å². The molecule has 1 unspecified atom stereocenters. The fourth-order valence-corrected chi connectivity index (χ4v) is 3.27. The molecule has 1 aliphatic rings. The van der Waals surface area contributed by atoms with E-state index in [0.717, 1.165) is 12.8 Å². The zero-order chi connectivity index (χ0) is 12.5. The Kier molecular flexibility index (Phi) is 3.58. The molecule has 0 spiro atoms. The summed E-state index contributed by atoms with van der Waals surface area (Å²) in [4.78, 5) is 0. The molecule has 0 bridgehead atoms. The van der Waals surface area contributed by atoms with E-state index in [-0.39, 0.29) is 11.5 Å². The quantitative estimate of drug-likeness (QED) is 0.823. The molecule has 17 heavy (non-hydrogen) atoms. The summed E-state index contributed by atoms with van der Waals surface area (Å²) in [6.45, 7) is 6.79. The van der Waals surface area contributed by atoms with Crippen LogP contribution in [0.4, 0.5) is 0 Å². The van der Waals surface area contributed by atoms with E-state index >= 15 is 0 Å². The molecule has 0 radical (unpaired) electrons. The highest BCUT2D eigenvalue weighted by atomic mass is 16.3. The number of hydrogen-bond acceptors (Lipinski definition) is 1. The number of benzene rings is 1. The molecule has 2 rings (SSSR count). The van der Waals surface area contributed by atoms with Crippen molar-refractivity contribution in [3.63, 3.8) is 0 Å². The number of hydrogen-bond donors (Lipinski definition) is 1. The van der Waals surface area contributed by atoms with Crippen LogP contribution in [0.1, 0.15) is 45.6 Å². The van der Waals surface area contributed by atoms with E-state index < -0.39 is 0 Å². The maximum atomic E-state index is 10.3. The highest BCUT2D eigenvalue weighted by molar-refractivity contribution is 5.25. The SMILES string of the molecule is C[C@H]1CCC(C(C)(C)c2ccccc2)[C@@H](O)C1. The molecule has 0 heterocycles. The number of aliphatic hydroxyl groups excluding tert-OH is 1. The molecule has 0 saturated heterocycles. The van der Waals surface area contributed by atoms with Crippen molar-refractivity contribution in [3.8, 4) is 0 Å². The van der Waals surface area contributed by atoms with E-state index in [0.29, 0.717) is 11.8 Å². The van der Waals surface area contributed by atoms with Gasteiger partial charge in [-0.25, -0.2) is 0 Å². The Morgan fingerprint density at radius 2 is 1.76 bits per heavy atom. The van der Waals surface area contributed by atoms with Gasteiger partial charge in [-0.1, -0.05) is 57.5 Å². The first kappa shape index (κ1) is 12.6. The summed E-state index contributed by atoms with van der Waals surface area (Å²) in [6, 6.07) is 10.6. The highest BCUT2D eigenvalue weighted by Crippen LogP contribution is 2.42. The van der Waals surface area contributed by atoms with Gasteiger partial charge in [0.15, 0.2) is 0 Å². The van der Waals surface area contributed by atoms with E-state index in [9.17, 15) is 5.11 Å². The van der Waals surface area contributed by atoms with Crippen LogP contribution in [-0.2, 0) is 5.41 Å². The Morgan fingerprint density at radius 3 is 2.35 bits per heavy atom. The Morgan fingerprint density at radius 1 is 1.12 bits per heavy atom. The van der Waals surface area contributed by atoms with Gasteiger partial charge < -0.3 is 5.11 Å². The zero-order valence-corrected chi connectivity index (χ0v) is 11.2. The molecule has 1 aliphatic carbocycles. The monoisotopic (exact) mass is 232 g/mol. The molecule has 1 aromatic rings. The summed E-state index contributed by atoms with van der Waals surface area (Å²) in [5.41, 5.74) is 1.42. The molecule has 1 fully saturated rings. The van der Waals surface area contributed by atoms with E-state index in [2.05, 4.69) is 51.1 Å². The fourth-order valence-electron chi connectivity index (χ4n) is 3.27. The van der Waals surface area contributed by atoms with Crippen LogP contribution >= 0.6 is 0 Å². The molecule has 1 N–H and O–H groups in total. The van der Waals surface area contributed by atoms with Crippen LogP contribution in [0.3, 0.4) is 0 Å². The Balaban J connectivity index is 2.21. The van der Waals surface area contributed by atoms with E-state index in [1.54, 1.807) is 0 Å². The van der Waals surface area contributed by atoms with E-state index in [1.807, 2.05) is 0 Å². The van der Waals surface area contributed by atoms with Crippen molar-refractivity contribution in [1.29, 1.82) is 0 Å². The van der Waals surface area contributed by atoms with Crippen LogP contribution in [0, 0.1) is 11.8 Å². The minimum absolute atomic E-state index is 0.0703. The van der Waals surface area contributed by atoms with Gasteiger partial charge in [-0.2, -0.15) is 0 Å². The normalized spacial score (nSPS) is 30.2. The first-order valence-corrected chi connectivity index (χ1v) is 6.75. The first-order valence-electron chi connectivity index (χ1n) is 6.75. The molecule has 1 nitrogen and oxygen atoms in total. The van der Waals surface area contributed by atoms with E-state index in [4.69, 9.17) is 0 Å². The van der Waals surface area contributed by atoms with Crippen LogP contribution < -0.4 is 0 Å². The van der Waals surface area contributed by atoms with E-state index in [1.165, 1.54) is 12.0 Å². The largest absolute Gasteiger partial charge is 0.393 e. The van der Waals surface area contributed by atoms with Gasteiger partial charge in [0, 0.05) is 0 Å². The van der Waals surface area contributed by atoms with Crippen molar-refractivity contribution >= 4 is 0 Å². The number of rotatable bonds is 2. The van der Waals surface area contributed by atoms with Crippen LogP contribution in [0.15, 0.2) is 30.3 Å². The second-order valence-corrected chi connectivity index (χ2v) is 6.18. The zero-order valence-electron chi connectivity index (χ0n) is 11.2. The summed E-state index contributed by atoms with van der Waals surface area (Å²) < 4.78 is 0. The average molecular weight is 232 g/mol. The highest BCUT2D eigenvalue weighted by Gasteiger charge is 2.38. The lowest BCUT2D eigenvalue weighted by molar-refractivity contribution is 0.0143. The smallest absolute Gasteiger partial charge is 0.0579 e. The average Bonchev–Trinajstić information content (AvgIpc) is 2.29. The van der Waals surface area contributed by atoms with Gasteiger partial charge in [0.25, 0.3) is 0 Å². The molecule has 3 atom stereocenters. The van der Waals surface area contributed by atoms with Gasteiger partial charge in [0.1, 0.15) is 0 Å². The first-order chi connectivity index (χ1) is 8.01. The van der Waals surface area contributed by atoms with Gasteiger partial charge in [-0.15, -0.1) is 0 Å². The topological polar surface area (TPSA) is 20.2 Å². The van der Waals surface area contributed by atoms with Gasteiger partial charge in [-0.3, -0.25) is 0 Å². The molecular formula is C16H24O. The Bertz CT molecular complexity index is 355. The Hall–Kier alpha value is -0.820. The minimum Gasteiger partial charge on any atom is -0.393 e. The third-order valence-electron chi connectivity index (χ3n) is 4.52. The fraction of sp³-hybridized carbons (Fsp3) is 0.625. The minimum atomic E-state index is -0.144. The van der Waals surface area contributed by atoms with Gasteiger partial charge >= 0.3 is 0 Å². The Labute approximate surface area is 105 Å². The molecule has 1 aromatic carbocycles. The molecule has 0 aliphatic heterocycles. The summed E-state index contributed by atoms with van der Waals surface area (Å²) in [6.07, 6.45) is 3.21. The molecular weight excluding hydrogens is 208 g/mol. The van der Waals surface area contributed by atoms with Crippen molar-refractivity contribution < 1.29 is 5.11 Å². The van der Waals surface area contributed by atoms with Crippen LogP contribution in [-0.4, -0.2) is 11.2 Å². The third kappa shape index (κ3) is 2.55. The van der Waals surface area contributed by atoms with Gasteiger partial charge in [0.05, 0.1) is 6.10 Å². The van der Waals surface area contributed by atoms with Crippen molar-refractivity contribution in [1.82, 2.24) is 0 Å². The van der Waals surface area contributed by atoms with Crippen LogP contribution in [0.2, 0.25) is 0 Å². The third-order valence-corrected chi connectivity index (χ3v) is 4.52. The second kappa shape index (κ2) is 4.81. The second-order valence-electron chi connectivity index (χ2n) is 6.18. The molecule has 94 valence electrons. The van der Waals surface area contributed by atoms with Gasteiger partial charge in [0.2, 0.25) is 0 Å². The number of aliphatic hydroxyl groups is 1.